The highest BCUT2D eigenvalue weighted by molar-refractivity contribution is 9.10. The molecule has 0 saturated heterocycles. The van der Waals surface area contributed by atoms with Gasteiger partial charge in [-0.05, 0) is 41.1 Å². The number of hydrogen-bond acceptors (Lipinski definition) is 3. The van der Waals surface area contributed by atoms with Crippen LogP contribution in [0.3, 0.4) is 0 Å². The topological polar surface area (TPSA) is 59.8 Å². The zero-order valence-electron chi connectivity index (χ0n) is 13.4. The molecular weight excluding hydrogens is 413 g/mol. The zero-order chi connectivity index (χ0) is 18.9. The van der Waals surface area contributed by atoms with Crippen molar-refractivity contribution >= 4 is 27.7 Å². The number of nitrogens with one attached hydrogen (secondary N) is 1. The number of nitrogens with zero attached hydrogens (tertiary/aromatic N) is 3. The standard InChI is InChI=1S/C17H12BrF3N4O/c1-10-6-15(23-16(26)11-7-12(18)9-22-8-11)25(24-10)14-5-3-2-4-13(14)17(19,20)21/h2-9H,1H3,(H,23,26). The highest BCUT2D eigenvalue weighted by atomic mass is 79.9. The maximum absolute atomic E-state index is 13.3. The fraction of sp³-hybridized carbons (Fsp3) is 0.118. The molecule has 1 amide bonds. The SMILES string of the molecule is Cc1cc(NC(=O)c2cncc(Br)c2)n(-c2ccccc2C(F)(F)F)n1. The van der Waals surface area contributed by atoms with Crippen molar-refractivity contribution in [2.45, 2.75) is 13.1 Å². The van der Waals surface area contributed by atoms with Crippen LogP contribution in [-0.4, -0.2) is 20.7 Å². The lowest BCUT2D eigenvalue weighted by atomic mass is 10.1. The zero-order valence-corrected chi connectivity index (χ0v) is 15.0. The molecule has 2 heterocycles. The molecule has 0 aliphatic heterocycles. The Balaban J connectivity index is 2.02. The molecule has 0 atom stereocenters. The van der Waals surface area contributed by atoms with E-state index in [1.165, 1.54) is 36.7 Å². The van der Waals surface area contributed by atoms with Gasteiger partial charge in [-0.1, -0.05) is 12.1 Å². The predicted molar refractivity (Wildman–Crippen MR) is 93.2 cm³/mol. The van der Waals surface area contributed by atoms with Crippen molar-refractivity contribution in [3.63, 3.8) is 0 Å². The molecule has 3 rings (SSSR count). The molecular formula is C17H12BrF3N4O. The number of amides is 1. The fourth-order valence-corrected chi connectivity index (χ4v) is 2.76. The summed E-state index contributed by atoms with van der Waals surface area (Å²) in [7, 11) is 0. The van der Waals surface area contributed by atoms with Crippen LogP contribution < -0.4 is 5.32 Å². The molecule has 1 aromatic carbocycles. The third-order valence-electron chi connectivity index (χ3n) is 3.48. The first-order valence-corrected chi connectivity index (χ1v) is 8.20. The minimum atomic E-state index is -4.55. The number of rotatable bonds is 3. The summed E-state index contributed by atoms with van der Waals surface area (Å²) >= 11 is 3.22. The second-order valence-corrected chi connectivity index (χ2v) is 6.36. The van der Waals surface area contributed by atoms with Crippen molar-refractivity contribution in [1.82, 2.24) is 14.8 Å². The van der Waals surface area contributed by atoms with Crippen LogP contribution in [0.25, 0.3) is 5.69 Å². The summed E-state index contributed by atoms with van der Waals surface area (Å²) in [5.41, 5.74) is -0.294. The van der Waals surface area contributed by atoms with Gasteiger partial charge in [0, 0.05) is 22.9 Å². The van der Waals surface area contributed by atoms with Crippen LogP contribution in [0.15, 0.2) is 53.3 Å². The van der Waals surface area contributed by atoms with Crippen molar-refractivity contribution < 1.29 is 18.0 Å². The molecule has 0 unspecified atom stereocenters. The van der Waals surface area contributed by atoms with E-state index in [1.807, 2.05) is 0 Å². The van der Waals surface area contributed by atoms with Crippen molar-refractivity contribution in [1.29, 1.82) is 0 Å². The Morgan fingerprint density at radius 1 is 1.19 bits per heavy atom. The number of aryl methyl sites for hydroxylation is 1. The first kappa shape index (κ1) is 18.1. The Morgan fingerprint density at radius 3 is 2.62 bits per heavy atom. The van der Waals surface area contributed by atoms with Crippen LogP contribution in [0.2, 0.25) is 0 Å². The third kappa shape index (κ3) is 3.77. The molecule has 0 aliphatic carbocycles. The second kappa shape index (κ2) is 6.91. The molecule has 0 fully saturated rings. The molecule has 26 heavy (non-hydrogen) atoms. The number of anilines is 1. The van der Waals surface area contributed by atoms with E-state index >= 15 is 0 Å². The van der Waals surface area contributed by atoms with Gasteiger partial charge in [-0.15, -0.1) is 0 Å². The summed E-state index contributed by atoms with van der Waals surface area (Å²) in [4.78, 5) is 16.3. The summed E-state index contributed by atoms with van der Waals surface area (Å²) in [6, 6.07) is 8.09. The monoisotopic (exact) mass is 424 g/mol. The number of hydrogen-bond donors (Lipinski definition) is 1. The Hall–Kier alpha value is -2.68. The summed E-state index contributed by atoms with van der Waals surface area (Å²) in [6.45, 7) is 1.63. The van der Waals surface area contributed by atoms with Crippen LogP contribution in [0.4, 0.5) is 19.0 Å². The molecule has 3 aromatic rings. The average molecular weight is 425 g/mol. The van der Waals surface area contributed by atoms with Gasteiger partial charge in [0.1, 0.15) is 5.82 Å². The molecule has 0 aliphatic rings. The number of benzene rings is 1. The summed E-state index contributed by atoms with van der Waals surface area (Å²) < 4.78 is 41.6. The van der Waals surface area contributed by atoms with Gasteiger partial charge < -0.3 is 5.32 Å². The predicted octanol–water partition coefficient (Wildman–Crippen LogP) is 4.61. The van der Waals surface area contributed by atoms with Gasteiger partial charge >= 0.3 is 6.18 Å². The molecule has 1 N–H and O–H groups in total. The quantitative estimate of drug-likeness (QED) is 0.667. The smallest absolute Gasteiger partial charge is 0.306 e. The first-order chi connectivity index (χ1) is 12.3. The van der Waals surface area contributed by atoms with Gasteiger partial charge in [-0.3, -0.25) is 9.78 Å². The van der Waals surface area contributed by atoms with Crippen molar-refractivity contribution in [3.8, 4) is 5.69 Å². The maximum Gasteiger partial charge on any atom is 0.418 e. The first-order valence-electron chi connectivity index (χ1n) is 7.41. The number of para-hydroxylation sites is 1. The van der Waals surface area contributed by atoms with E-state index in [2.05, 4.69) is 31.3 Å². The lowest BCUT2D eigenvalue weighted by molar-refractivity contribution is -0.137. The molecule has 0 saturated carbocycles. The van der Waals surface area contributed by atoms with Gasteiger partial charge in [0.05, 0.1) is 22.5 Å². The van der Waals surface area contributed by atoms with E-state index in [1.54, 1.807) is 13.0 Å². The number of halogens is 4. The van der Waals surface area contributed by atoms with E-state index in [0.717, 1.165) is 10.7 Å². The van der Waals surface area contributed by atoms with Gasteiger partial charge in [0.15, 0.2) is 0 Å². The Morgan fingerprint density at radius 2 is 1.92 bits per heavy atom. The Bertz CT molecular complexity index is 969. The van der Waals surface area contributed by atoms with Crippen LogP contribution >= 0.6 is 15.9 Å². The number of pyridine rings is 1. The molecule has 0 radical (unpaired) electrons. The normalized spacial score (nSPS) is 11.4. The largest absolute Gasteiger partial charge is 0.418 e. The van der Waals surface area contributed by atoms with Crippen molar-refractivity contribution in [3.05, 3.63) is 70.1 Å². The Labute approximate surface area is 155 Å². The third-order valence-corrected chi connectivity index (χ3v) is 3.91. The Kier molecular flexibility index (Phi) is 4.82. The molecule has 134 valence electrons. The summed E-state index contributed by atoms with van der Waals surface area (Å²) in [5.74, 6) is -0.381. The van der Waals surface area contributed by atoms with Crippen molar-refractivity contribution in [2.24, 2.45) is 0 Å². The van der Waals surface area contributed by atoms with E-state index in [9.17, 15) is 18.0 Å². The van der Waals surface area contributed by atoms with Crippen LogP contribution in [0.5, 0.6) is 0 Å². The van der Waals surface area contributed by atoms with Gasteiger partial charge in [-0.25, -0.2) is 4.68 Å². The molecule has 5 nitrogen and oxygen atoms in total. The maximum atomic E-state index is 13.3. The summed E-state index contributed by atoms with van der Waals surface area (Å²) in [6.07, 6.45) is -1.67. The highest BCUT2D eigenvalue weighted by Crippen LogP contribution is 2.34. The number of aromatic nitrogens is 3. The highest BCUT2D eigenvalue weighted by Gasteiger charge is 2.34. The van der Waals surface area contributed by atoms with Gasteiger partial charge in [0.25, 0.3) is 5.91 Å². The average Bonchev–Trinajstić information content (AvgIpc) is 2.94. The van der Waals surface area contributed by atoms with Crippen molar-refractivity contribution in [2.75, 3.05) is 5.32 Å². The van der Waals surface area contributed by atoms with Gasteiger partial charge in [-0.2, -0.15) is 18.3 Å². The number of alkyl halides is 3. The number of carbonyl (C=O) groups is 1. The molecule has 9 heteroatoms. The fourth-order valence-electron chi connectivity index (χ4n) is 2.39. The lowest BCUT2D eigenvalue weighted by Crippen LogP contribution is -2.17. The van der Waals surface area contributed by atoms with Crippen LogP contribution in [0.1, 0.15) is 21.6 Å². The lowest BCUT2D eigenvalue weighted by Gasteiger charge is -2.15. The van der Waals surface area contributed by atoms with Gasteiger partial charge in [0.2, 0.25) is 0 Å². The van der Waals surface area contributed by atoms with Crippen LogP contribution in [-0.2, 0) is 6.18 Å². The minimum Gasteiger partial charge on any atom is -0.306 e. The molecule has 0 spiro atoms. The number of carbonyl (C=O) groups excluding carboxylic acids is 1. The van der Waals surface area contributed by atoms with Crippen LogP contribution in [0, 0.1) is 6.92 Å². The second-order valence-electron chi connectivity index (χ2n) is 5.44. The summed E-state index contributed by atoms with van der Waals surface area (Å²) in [5, 5.41) is 6.68. The molecule has 2 aromatic heterocycles. The minimum absolute atomic E-state index is 0.129. The van der Waals surface area contributed by atoms with E-state index in [-0.39, 0.29) is 17.1 Å². The van der Waals surface area contributed by atoms with E-state index in [0.29, 0.717) is 10.2 Å². The van der Waals surface area contributed by atoms with E-state index in [4.69, 9.17) is 0 Å². The van der Waals surface area contributed by atoms with E-state index < -0.39 is 17.6 Å². The molecule has 0 bridgehead atoms.